The van der Waals surface area contributed by atoms with Crippen molar-refractivity contribution in [1.29, 1.82) is 0 Å². The van der Waals surface area contributed by atoms with Gasteiger partial charge in [0.25, 0.3) is 0 Å². The van der Waals surface area contributed by atoms with Gasteiger partial charge in [0.05, 0.1) is 9.79 Å². The Kier molecular flexibility index (Phi) is 5.28. The molecular formula is C28H22O8S. The van der Waals surface area contributed by atoms with Crippen LogP contribution in [0, 0.1) is 23.7 Å². The monoisotopic (exact) mass is 518 g/mol. The van der Waals surface area contributed by atoms with Crippen molar-refractivity contribution < 1.29 is 37.2 Å². The molecule has 37 heavy (non-hydrogen) atoms. The van der Waals surface area contributed by atoms with E-state index in [-0.39, 0.29) is 56.7 Å². The third kappa shape index (κ3) is 3.83. The van der Waals surface area contributed by atoms with Crippen LogP contribution in [-0.2, 0) is 19.4 Å². The number of hydrogen-bond acceptors (Lipinski definition) is 8. The van der Waals surface area contributed by atoms with E-state index >= 15 is 0 Å². The molecule has 0 amide bonds. The molecule has 0 radical (unpaired) electrons. The quantitative estimate of drug-likeness (QED) is 0.486. The molecule has 2 unspecified atom stereocenters. The highest BCUT2D eigenvalue weighted by Crippen LogP contribution is 2.39. The van der Waals surface area contributed by atoms with Crippen LogP contribution in [-0.4, -0.2) is 43.1 Å². The summed E-state index contributed by atoms with van der Waals surface area (Å²) in [5.41, 5.74) is -0.188. The van der Waals surface area contributed by atoms with Crippen LogP contribution < -0.4 is 0 Å². The summed E-state index contributed by atoms with van der Waals surface area (Å²) >= 11 is 0. The van der Waals surface area contributed by atoms with E-state index in [9.17, 15) is 37.2 Å². The van der Waals surface area contributed by atoms with E-state index < -0.39 is 56.4 Å². The molecule has 0 heterocycles. The van der Waals surface area contributed by atoms with Crippen molar-refractivity contribution in [1.82, 2.24) is 0 Å². The topological polar surface area (TPSA) is 137 Å². The van der Waals surface area contributed by atoms with Crippen LogP contribution in [0.5, 0.6) is 0 Å². The number of hydrogen-bond donors (Lipinski definition) is 0. The van der Waals surface area contributed by atoms with Crippen molar-refractivity contribution >= 4 is 44.5 Å². The maximum Gasteiger partial charge on any atom is 0.206 e. The molecule has 2 saturated carbocycles. The van der Waals surface area contributed by atoms with E-state index in [1.807, 2.05) is 0 Å². The number of Topliss-reactive ketones (excluding diaryl/α,β-unsaturated/α-hetero) is 6. The molecule has 2 fully saturated rings. The minimum Gasteiger partial charge on any atom is -0.298 e. The van der Waals surface area contributed by atoms with E-state index in [1.165, 1.54) is 24.3 Å². The highest BCUT2D eigenvalue weighted by Gasteiger charge is 2.46. The maximum atomic E-state index is 13.4. The van der Waals surface area contributed by atoms with Gasteiger partial charge in [-0.2, -0.15) is 0 Å². The molecule has 8 nitrogen and oxygen atoms in total. The fourth-order valence-corrected chi connectivity index (χ4v) is 6.56. The second-order valence-corrected chi connectivity index (χ2v) is 12.4. The summed E-state index contributed by atoms with van der Waals surface area (Å²) in [6.45, 7) is 0. The highest BCUT2D eigenvalue weighted by molar-refractivity contribution is 7.91. The van der Waals surface area contributed by atoms with Gasteiger partial charge in [-0.25, -0.2) is 8.42 Å². The van der Waals surface area contributed by atoms with Crippen molar-refractivity contribution in [2.75, 3.05) is 0 Å². The normalized spacial score (nSPS) is 22.8. The molecule has 188 valence electrons. The van der Waals surface area contributed by atoms with Crippen LogP contribution in [0.25, 0.3) is 0 Å². The standard InChI is InChI=1S/C28H22O8S/c29-21(9-13-1-2-13)23-25(31)17-7-5-15(11-19(17)27(23)33)37(35,36)16-6-8-18-20(12-16)28(34)24(26(18)32)22(30)10-14-3-4-14/h5-8,11-14,23-24H,1-4,9-10H2. The van der Waals surface area contributed by atoms with E-state index in [0.717, 1.165) is 37.8 Å². The lowest BCUT2D eigenvalue weighted by atomic mass is 9.95. The predicted molar refractivity (Wildman–Crippen MR) is 127 cm³/mol. The van der Waals surface area contributed by atoms with Crippen LogP contribution in [0.4, 0.5) is 0 Å². The molecule has 0 N–H and O–H groups in total. The number of carbonyl (C=O) groups excluding carboxylic acids is 6. The minimum absolute atomic E-state index is 0.0184. The van der Waals surface area contributed by atoms with Crippen LogP contribution in [0.15, 0.2) is 46.2 Å². The van der Waals surface area contributed by atoms with Gasteiger partial charge in [0.2, 0.25) is 9.84 Å². The SMILES string of the molecule is O=C(CC1CC1)C1C(=O)c2ccc(S(=O)(=O)c3ccc4c(c3)C(=O)C(C(=O)CC3CC3)C4=O)cc2C1=O. The van der Waals surface area contributed by atoms with Gasteiger partial charge in [-0.05, 0) is 73.9 Å². The van der Waals surface area contributed by atoms with Gasteiger partial charge >= 0.3 is 0 Å². The maximum absolute atomic E-state index is 13.4. The molecule has 4 aliphatic rings. The van der Waals surface area contributed by atoms with Crippen molar-refractivity contribution in [3.8, 4) is 0 Å². The Morgan fingerprint density at radius 2 is 0.946 bits per heavy atom. The molecule has 0 spiro atoms. The average molecular weight is 519 g/mol. The summed E-state index contributed by atoms with van der Waals surface area (Å²) < 4.78 is 26.8. The molecule has 0 saturated heterocycles. The van der Waals surface area contributed by atoms with Crippen molar-refractivity contribution in [3.05, 3.63) is 58.7 Å². The molecule has 2 atom stereocenters. The summed E-state index contributed by atoms with van der Waals surface area (Å²) in [5.74, 6) is -5.96. The summed E-state index contributed by atoms with van der Waals surface area (Å²) in [6, 6.07) is 7.04. The van der Waals surface area contributed by atoms with Crippen LogP contribution in [0.1, 0.15) is 80.0 Å². The van der Waals surface area contributed by atoms with Gasteiger partial charge < -0.3 is 0 Å². The summed E-state index contributed by atoms with van der Waals surface area (Å²) in [6.07, 6.45) is 3.88. The zero-order valence-corrected chi connectivity index (χ0v) is 20.5. The van der Waals surface area contributed by atoms with Gasteiger partial charge in [-0.3, -0.25) is 28.8 Å². The highest BCUT2D eigenvalue weighted by atomic mass is 32.2. The van der Waals surface area contributed by atoms with Crippen molar-refractivity contribution in [2.45, 2.75) is 48.3 Å². The van der Waals surface area contributed by atoms with Crippen LogP contribution in [0.2, 0.25) is 0 Å². The molecule has 4 aliphatic carbocycles. The lowest BCUT2D eigenvalue weighted by molar-refractivity contribution is -0.121. The smallest absolute Gasteiger partial charge is 0.206 e. The number of ketones is 6. The molecular weight excluding hydrogens is 496 g/mol. The average Bonchev–Trinajstić information content (AvgIpc) is 3.80. The summed E-state index contributed by atoms with van der Waals surface area (Å²) in [4.78, 5) is 75.9. The Balaban J connectivity index is 1.30. The van der Waals surface area contributed by atoms with Crippen molar-refractivity contribution in [3.63, 3.8) is 0 Å². The first-order valence-electron chi connectivity index (χ1n) is 12.3. The fourth-order valence-electron chi connectivity index (χ4n) is 5.25. The predicted octanol–water partition coefficient (Wildman–Crippen LogP) is 3.25. The lowest BCUT2D eigenvalue weighted by Crippen LogP contribution is -2.25. The van der Waals surface area contributed by atoms with Gasteiger partial charge in [0.1, 0.15) is 11.8 Å². The Morgan fingerprint density at radius 1 is 0.595 bits per heavy atom. The first-order chi connectivity index (χ1) is 17.6. The van der Waals surface area contributed by atoms with Crippen molar-refractivity contribution in [2.24, 2.45) is 23.7 Å². The lowest BCUT2D eigenvalue weighted by Gasteiger charge is -2.08. The number of benzene rings is 2. The molecule has 0 aromatic heterocycles. The van der Waals surface area contributed by atoms with Crippen LogP contribution >= 0.6 is 0 Å². The molecule has 6 rings (SSSR count). The first kappa shape index (κ1) is 23.8. The Hall–Kier alpha value is -3.59. The Labute approximate surface area is 212 Å². The van der Waals surface area contributed by atoms with Gasteiger partial charge in [-0.15, -0.1) is 0 Å². The van der Waals surface area contributed by atoms with Crippen LogP contribution in [0.3, 0.4) is 0 Å². The Bertz CT molecular complexity index is 1460. The molecule has 0 aliphatic heterocycles. The van der Waals surface area contributed by atoms with E-state index in [2.05, 4.69) is 0 Å². The number of sulfone groups is 1. The van der Waals surface area contributed by atoms with E-state index in [4.69, 9.17) is 0 Å². The zero-order chi connectivity index (χ0) is 26.2. The Morgan fingerprint density at radius 3 is 1.30 bits per heavy atom. The van der Waals surface area contributed by atoms with Gasteiger partial charge in [-0.1, -0.05) is 0 Å². The van der Waals surface area contributed by atoms with E-state index in [1.54, 1.807) is 0 Å². The molecule has 0 bridgehead atoms. The number of rotatable bonds is 8. The van der Waals surface area contributed by atoms with Gasteiger partial charge in [0, 0.05) is 35.1 Å². The molecule has 9 heteroatoms. The summed E-state index contributed by atoms with van der Waals surface area (Å²) in [5, 5.41) is 0. The first-order valence-corrected chi connectivity index (χ1v) is 13.8. The zero-order valence-electron chi connectivity index (χ0n) is 19.7. The largest absolute Gasteiger partial charge is 0.298 e. The molecule has 2 aromatic carbocycles. The van der Waals surface area contributed by atoms with E-state index in [0.29, 0.717) is 0 Å². The van der Waals surface area contributed by atoms with Gasteiger partial charge in [0.15, 0.2) is 34.7 Å². The second kappa shape index (κ2) is 8.21. The second-order valence-electron chi connectivity index (χ2n) is 10.5. The molecule has 2 aromatic rings. The minimum atomic E-state index is -4.25. The summed E-state index contributed by atoms with van der Waals surface area (Å²) in [7, 11) is -4.25. The number of carbonyl (C=O) groups is 6. The fraction of sp³-hybridized carbons (Fsp3) is 0.357. The third-order valence-electron chi connectivity index (χ3n) is 7.73. The number of fused-ring (bicyclic) bond motifs is 2. The third-order valence-corrected chi connectivity index (χ3v) is 9.48.